The number of nitrogens with one attached hydrogen (secondary N) is 1. The van der Waals surface area contributed by atoms with E-state index in [1.807, 2.05) is 0 Å². The monoisotopic (exact) mass is 357 g/mol. The maximum atomic E-state index is 13.1. The molecule has 2 N–H and O–H groups in total. The van der Waals surface area contributed by atoms with Crippen molar-refractivity contribution >= 4 is 11.9 Å². The predicted molar refractivity (Wildman–Crippen MR) is 90.2 cm³/mol. The zero-order valence-electron chi connectivity index (χ0n) is 14.1. The van der Waals surface area contributed by atoms with Gasteiger partial charge in [0.1, 0.15) is 22.8 Å². The largest absolute Gasteiger partial charge is 0.477 e. The van der Waals surface area contributed by atoms with Crippen LogP contribution in [-0.4, -0.2) is 26.7 Å². The second-order valence-corrected chi connectivity index (χ2v) is 5.78. The summed E-state index contributed by atoms with van der Waals surface area (Å²) in [5, 5.41) is 16.1. The van der Waals surface area contributed by atoms with Crippen molar-refractivity contribution in [1.82, 2.24) is 15.0 Å². The van der Waals surface area contributed by atoms with Crippen LogP contribution in [0.15, 0.2) is 47.1 Å². The SMILES string of the molecule is C[C@@H](NC(=O)c1cccn1C)c1onc(-c2ccc(F)cc2)c1C(=O)O. The number of hydrogen-bond acceptors (Lipinski definition) is 4. The second-order valence-electron chi connectivity index (χ2n) is 5.78. The fourth-order valence-electron chi connectivity index (χ4n) is 2.64. The summed E-state index contributed by atoms with van der Waals surface area (Å²) in [7, 11) is 1.73. The normalized spacial score (nSPS) is 12.0. The minimum Gasteiger partial charge on any atom is -0.477 e. The zero-order chi connectivity index (χ0) is 18.8. The summed E-state index contributed by atoms with van der Waals surface area (Å²) in [6.45, 7) is 1.60. The lowest BCUT2D eigenvalue weighted by Crippen LogP contribution is -2.28. The first-order valence-corrected chi connectivity index (χ1v) is 7.79. The Labute approximate surface area is 148 Å². The van der Waals surface area contributed by atoms with Crippen molar-refractivity contribution in [1.29, 1.82) is 0 Å². The highest BCUT2D eigenvalue weighted by molar-refractivity contribution is 5.97. The number of benzene rings is 1. The molecule has 3 aromatic rings. The zero-order valence-corrected chi connectivity index (χ0v) is 14.1. The smallest absolute Gasteiger partial charge is 0.341 e. The predicted octanol–water partition coefficient (Wildman–Crippen LogP) is 3.01. The van der Waals surface area contributed by atoms with Crippen molar-refractivity contribution in [3.8, 4) is 11.3 Å². The van der Waals surface area contributed by atoms with E-state index in [2.05, 4.69) is 10.5 Å². The van der Waals surface area contributed by atoms with Crippen LogP contribution in [0.5, 0.6) is 0 Å². The van der Waals surface area contributed by atoms with Crippen molar-refractivity contribution in [2.24, 2.45) is 7.05 Å². The lowest BCUT2D eigenvalue weighted by molar-refractivity contribution is 0.0692. The Hall–Kier alpha value is -3.42. The number of carbonyl (C=O) groups excluding carboxylic acids is 1. The van der Waals surface area contributed by atoms with Crippen LogP contribution in [0.3, 0.4) is 0 Å². The third-order valence-electron chi connectivity index (χ3n) is 3.97. The molecule has 0 unspecified atom stereocenters. The first kappa shape index (κ1) is 17.4. The molecule has 0 fully saturated rings. The molecule has 2 heterocycles. The van der Waals surface area contributed by atoms with Crippen molar-refractivity contribution in [3.05, 3.63) is 65.4 Å². The van der Waals surface area contributed by atoms with E-state index in [4.69, 9.17) is 4.52 Å². The number of aromatic nitrogens is 2. The van der Waals surface area contributed by atoms with Crippen LogP contribution in [-0.2, 0) is 7.05 Å². The standard InChI is InChI=1S/C18H16FN3O4/c1-10(20-17(23)13-4-3-9-22(13)2)16-14(18(24)25)15(21-26-16)11-5-7-12(19)8-6-11/h3-10H,1-2H3,(H,20,23)(H,24,25)/t10-/m1/s1. The van der Waals surface area contributed by atoms with Gasteiger partial charge in [0.25, 0.3) is 5.91 Å². The van der Waals surface area contributed by atoms with Gasteiger partial charge in [-0.25, -0.2) is 9.18 Å². The molecule has 134 valence electrons. The lowest BCUT2D eigenvalue weighted by atomic mass is 10.0. The molecule has 3 rings (SSSR count). The number of carbonyl (C=O) groups is 2. The molecular weight excluding hydrogens is 341 g/mol. The fourth-order valence-corrected chi connectivity index (χ4v) is 2.64. The van der Waals surface area contributed by atoms with Gasteiger partial charge in [0, 0.05) is 18.8 Å². The van der Waals surface area contributed by atoms with E-state index >= 15 is 0 Å². The summed E-state index contributed by atoms with van der Waals surface area (Å²) >= 11 is 0. The van der Waals surface area contributed by atoms with Crippen molar-refractivity contribution in [2.45, 2.75) is 13.0 Å². The van der Waals surface area contributed by atoms with E-state index in [-0.39, 0.29) is 22.9 Å². The molecule has 26 heavy (non-hydrogen) atoms. The number of nitrogens with zero attached hydrogens (tertiary/aromatic N) is 2. The Morgan fingerprint density at radius 3 is 2.54 bits per heavy atom. The Balaban J connectivity index is 1.92. The van der Waals surface area contributed by atoms with Crippen LogP contribution in [0.4, 0.5) is 4.39 Å². The molecule has 1 amide bonds. The molecule has 0 aliphatic heterocycles. The number of aromatic carboxylic acids is 1. The molecule has 0 radical (unpaired) electrons. The average molecular weight is 357 g/mol. The number of carboxylic acids is 1. The number of hydrogen-bond donors (Lipinski definition) is 2. The quantitative estimate of drug-likeness (QED) is 0.731. The minimum atomic E-state index is -1.25. The molecule has 0 saturated heterocycles. The molecule has 1 atom stereocenters. The highest BCUT2D eigenvalue weighted by Crippen LogP contribution is 2.29. The molecule has 7 nitrogen and oxygen atoms in total. The van der Waals surface area contributed by atoms with E-state index in [1.54, 1.807) is 36.9 Å². The first-order chi connectivity index (χ1) is 12.4. The van der Waals surface area contributed by atoms with Gasteiger partial charge in [-0.3, -0.25) is 4.79 Å². The Morgan fingerprint density at radius 1 is 1.27 bits per heavy atom. The Morgan fingerprint density at radius 2 is 1.96 bits per heavy atom. The van der Waals surface area contributed by atoms with Gasteiger partial charge >= 0.3 is 5.97 Å². The number of halogens is 1. The maximum absolute atomic E-state index is 13.1. The van der Waals surface area contributed by atoms with Gasteiger partial charge in [0.15, 0.2) is 5.76 Å². The van der Waals surface area contributed by atoms with Crippen LogP contribution >= 0.6 is 0 Å². The van der Waals surface area contributed by atoms with Gasteiger partial charge in [-0.1, -0.05) is 5.16 Å². The Bertz CT molecular complexity index is 959. The number of amides is 1. The third kappa shape index (κ3) is 3.21. The van der Waals surface area contributed by atoms with Crippen LogP contribution in [0.1, 0.15) is 39.6 Å². The van der Waals surface area contributed by atoms with Crippen molar-refractivity contribution in [2.75, 3.05) is 0 Å². The summed E-state index contributed by atoms with van der Waals surface area (Å²) in [5.41, 5.74) is 0.732. The minimum absolute atomic E-state index is 0.0133. The summed E-state index contributed by atoms with van der Waals surface area (Å²) in [5.74, 6) is -2.06. The molecule has 0 spiro atoms. The first-order valence-electron chi connectivity index (χ1n) is 7.79. The van der Waals surface area contributed by atoms with E-state index in [0.29, 0.717) is 11.3 Å². The van der Waals surface area contributed by atoms with E-state index in [9.17, 15) is 19.1 Å². The van der Waals surface area contributed by atoms with Crippen LogP contribution in [0.25, 0.3) is 11.3 Å². The van der Waals surface area contributed by atoms with E-state index < -0.39 is 17.8 Å². The number of rotatable bonds is 5. The molecule has 0 bridgehead atoms. The van der Waals surface area contributed by atoms with E-state index in [0.717, 1.165) is 0 Å². The van der Waals surface area contributed by atoms with Gasteiger partial charge in [-0.2, -0.15) is 0 Å². The third-order valence-corrected chi connectivity index (χ3v) is 3.97. The average Bonchev–Trinajstić information content (AvgIpc) is 3.21. The molecule has 0 aliphatic rings. The molecule has 0 saturated carbocycles. The maximum Gasteiger partial charge on any atom is 0.341 e. The Kier molecular flexibility index (Phi) is 4.57. The van der Waals surface area contributed by atoms with Crippen LogP contribution in [0, 0.1) is 5.82 Å². The fraction of sp³-hybridized carbons (Fsp3) is 0.167. The molecule has 8 heteroatoms. The molecule has 2 aromatic heterocycles. The van der Waals surface area contributed by atoms with Gasteiger partial charge in [-0.05, 0) is 43.3 Å². The van der Waals surface area contributed by atoms with Gasteiger partial charge in [0.05, 0.1) is 6.04 Å². The van der Waals surface area contributed by atoms with E-state index in [1.165, 1.54) is 24.3 Å². The highest BCUT2D eigenvalue weighted by Gasteiger charge is 2.28. The van der Waals surface area contributed by atoms with Gasteiger partial charge < -0.3 is 19.5 Å². The van der Waals surface area contributed by atoms with Crippen LogP contribution < -0.4 is 5.32 Å². The van der Waals surface area contributed by atoms with Crippen molar-refractivity contribution in [3.63, 3.8) is 0 Å². The lowest BCUT2D eigenvalue weighted by Gasteiger charge is -2.12. The summed E-state index contributed by atoms with van der Waals surface area (Å²) in [6, 6.07) is 7.87. The molecule has 0 aliphatic carbocycles. The van der Waals surface area contributed by atoms with Crippen LogP contribution in [0.2, 0.25) is 0 Å². The topological polar surface area (TPSA) is 97.4 Å². The van der Waals surface area contributed by atoms with Crippen molar-refractivity contribution < 1.29 is 23.6 Å². The highest BCUT2D eigenvalue weighted by atomic mass is 19.1. The molecule has 1 aromatic carbocycles. The second kappa shape index (κ2) is 6.83. The number of carboxylic acid groups (broad SMARTS) is 1. The van der Waals surface area contributed by atoms with Gasteiger partial charge in [-0.15, -0.1) is 0 Å². The number of aryl methyl sites for hydroxylation is 1. The van der Waals surface area contributed by atoms with Gasteiger partial charge in [0.2, 0.25) is 0 Å². The summed E-state index contributed by atoms with van der Waals surface area (Å²) in [4.78, 5) is 24.0. The summed E-state index contributed by atoms with van der Waals surface area (Å²) in [6.07, 6.45) is 1.73. The molecular formula is C18H16FN3O4. The summed E-state index contributed by atoms with van der Waals surface area (Å²) < 4.78 is 19.9.